The Morgan fingerprint density at radius 2 is 2.21 bits per heavy atom. The fourth-order valence-electron chi connectivity index (χ4n) is 2.04. The van der Waals surface area contributed by atoms with Crippen molar-refractivity contribution in [3.63, 3.8) is 0 Å². The van der Waals surface area contributed by atoms with E-state index in [4.69, 9.17) is 10.00 Å². The largest absolute Gasteiger partial charge is 0.496 e. The van der Waals surface area contributed by atoms with E-state index in [9.17, 15) is 0 Å². The minimum absolute atomic E-state index is 0.333. The van der Waals surface area contributed by atoms with Gasteiger partial charge in [-0.1, -0.05) is 0 Å². The predicted octanol–water partition coefficient (Wildman–Crippen LogP) is 3.23. The molecule has 0 N–H and O–H groups in total. The van der Waals surface area contributed by atoms with E-state index in [1.165, 1.54) is 0 Å². The maximum atomic E-state index is 8.83. The smallest absolute Gasteiger partial charge is 0.141 e. The number of aryl methyl sites for hydroxylation is 1. The number of hydrogen-bond donors (Lipinski definition) is 0. The van der Waals surface area contributed by atoms with E-state index in [1.54, 1.807) is 7.11 Å². The van der Waals surface area contributed by atoms with Gasteiger partial charge in [-0.05, 0) is 46.6 Å². The van der Waals surface area contributed by atoms with E-state index in [2.05, 4.69) is 27.0 Å². The van der Waals surface area contributed by atoms with Gasteiger partial charge in [-0.15, -0.1) is 0 Å². The summed E-state index contributed by atoms with van der Waals surface area (Å²) in [6.45, 7) is 2.00. The normalized spacial score (nSPS) is 10.3. The average molecular weight is 320 g/mol. The number of methoxy groups -OCH3 is 1. The molecule has 0 aliphatic heterocycles. The monoisotopic (exact) mass is 319 g/mol. The third-order valence-corrected chi connectivity index (χ3v) is 3.70. The number of nitrogens with zero attached hydrogens (tertiary/aromatic N) is 3. The molecule has 0 atom stereocenters. The summed E-state index contributed by atoms with van der Waals surface area (Å²) in [5.41, 5.74) is 2.94. The molecule has 1 heterocycles. The van der Waals surface area contributed by atoms with Crippen molar-refractivity contribution < 1.29 is 4.74 Å². The van der Waals surface area contributed by atoms with Crippen molar-refractivity contribution >= 4 is 15.9 Å². The lowest BCUT2D eigenvalue weighted by atomic mass is 10.1. The molecule has 0 amide bonds. The first-order valence-electron chi connectivity index (χ1n) is 5.81. The Labute approximate surface area is 120 Å². The molecule has 0 unspecified atom stereocenters. The maximum absolute atomic E-state index is 8.83. The second-order valence-corrected chi connectivity index (χ2v) is 5.00. The molecule has 5 heteroatoms. The SMILES string of the molecule is COc1ccc(-c2nc(Br)c(CC#N)n2C)cc1C. The number of benzene rings is 1. The van der Waals surface area contributed by atoms with Gasteiger partial charge >= 0.3 is 0 Å². The topological polar surface area (TPSA) is 50.8 Å². The zero-order valence-corrected chi connectivity index (χ0v) is 12.7. The van der Waals surface area contributed by atoms with Crippen LogP contribution in [0.2, 0.25) is 0 Å². The first kappa shape index (κ1) is 13.6. The Kier molecular flexibility index (Phi) is 3.91. The molecule has 0 radical (unpaired) electrons. The zero-order valence-electron chi connectivity index (χ0n) is 11.1. The number of nitriles is 1. The van der Waals surface area contributed by atoms with E-state index in [1.807, 2.05) is 36.7 Å². The Bertz CT molecular complexity index is 655. The van der Waals surface area contributed by atoms with E-state index >= 15 is 0 Å². The van der Waals surface area contributed by atoms with E-state index in [0.717, 1.165) is 33.0 Å². The van der Waals surface area contributed by atoms with Crippen molar-refractivity contribution in [1.82, 2.24) is 9.55 Å². The van der Waals surface area contributed by atoms with Crippen LogP contribution in [0.15, 0.2) is 22.8 Å². The summed E-state index contributed by atoms with van der Waals surface area (Å²) >= 11 is 3.41. The molecule has 0 fully saturated rings. The van der Waals surface area contributed by atoms with Gasteiger partial charge in [0.15, 0.2) is 0 Å². The van der Waals surface area contributed by atoms with Crippen LogP contribution in [0.4, 0.5) is 0 Å². The van der Waals surface area contributed by atoms with Crippen LogP contribution in [0.25, 0.3) is 11.4 Å². The Morgan fingerprint density at radius 1 is 1.47 bits per heavy atom. The molecule has 0 saturated heterocycles. The molecule has 2 aromatic rings. The summed E-state index contributed by atoms with van der Waals surface area (Å²) in [6, 6.07) is 8.08. The highest BCUT2D eigenvalue weighted by Crippen LogP contribution is 2.28. The highest BCUT2D eigenvalue weighted by Gasteiger charge is 2.14. The minimum Gasteiger partial charge on any atom is -0.496 e. The van der Waals surface area contributed by atoms with E-state index in [-0.39, 0.29) is 0 Å². The van der Waals surface area contributed by atoms with Gasteiger partial charge in [-0.25, -0.2) is 4.98 Å². The number of rotatable bonds is 3. The standard InChI is InChI=1S/C14H14BrN3O/c1-9-8-10(4-5-12(9)19-3)14-17-13(15)11(6-7-16)18(14)2/h4-5,8H,6H2,1-3H3. The first-order valence-corrected chi connectivity index (χ1v) is 6.60. The lowest BCUT2D eigenvalue weighted by molar-refractivity contribution is 0.412. The van der Waals surface area contributed by atoms with Gasteiger partial charge in [0.2, 0.25) is 0 Å². The number of ether oxygens (including phenoxy) is 1. The average Bonchev–Trinajstić information content (AvgIpc) is 2.67. The van der Waals surface area contributed by atoms with Crippen molar-refractivity contribution in [3.05, 3.63) is 34.1 Å². The van der Waals surface area contributed by atoms with Crippen LogP contribution in [0.1, 0.15) is 11.3 Å². The number of hydrogen-bond acceptors (Lipinski definition) is 3. The molecule has 2 rings (SSSR count). The summed E-state index contributed by atoms with van der Waals surface area (Å²) < 4.78 is 7.92. The van der Waals surface area contributed by atoms with Crippen molar-refractivity contribution in [2.24, 2.45) is 7.05 Å². The van der Waals surface area contributed by atoms with Crippen LogP contribution in [0, 0.1) is 18.3 Å². The number of aromatic nitrogens is 2. The lowest BCUT2D eigenvalue weighted by Crippen LogP contribution is -1.98. The minimum atomic E-state index is 0.333. The summed E-state index contributed by atoms with van der Waals surface area (Å²) in [7, 11) is 3.57. The van der Waals surface area contributed by atoms with Gasteiger partial charge in [-0.3, -0.25) is 0 Å². The molecule has 4 nitrogen and oxygen atoms in total. The molecule has 0 aliphatic rings. The van der Waals surface area contributed by atoms with Crippen LogP contribution in [0.5, 0.6) is 5.75 Å². The van der Waals surface area contributed by atoms with Gasteiger partial charge in [0, 0.05) is 12.6 Å². The third-order valence-electron chi connectivity index (χ3n) is 3.06. The highest BCUT2D eigenvalue weighted by atomic mass is 79.9. The Balaban J connectivity index is 2.51. The fourth-order valence-corrected chi connectivity index (χ4v) is 2.61. The molecular weight excluding hydrogens is 306 g/mol. The van der Waals surface area contributed by atoms with Crippen LogP contribution in [-0.2, 0) is 13.5 Å². The van der Waals surface area contributed by atoms with E-state index < -0.39 is 0 Å². The molecule has 0 saturated carbocycles. The van der Waals surface area contributed by atoms with Gasteiger partial charge in [-0.2, -0.15) is 5.26 Å². The second-order valence-electron chi connectivity index (χ2n) is 4.25. The summed E-state index contributed by atoms with van der Waals surface area (Å²) in [6.07, 6.45) is 0.333. The van der Waals surface area contributed by atoms with Crippen LogP contribution in [0.3, 0.4) is 0 Å². The van der Waals surface area contributed by atoms with Crippen LogP contribution >= 0.6 is 15.9 Å². The molecule has 0 bridgehead atoms. The molecule has 1 aromatic heterocycles. The maximum Gasteiger partial charge on any atom is 0.141 e. The van der Waals surface area contributed by atoms with Crippen LogP contribution in [-0.4, -0.2) is 16.7 Å². The highest BCUT2D eigenvalue weighted by molar-refractivity contribution is 9.10. The zero-order chi connectivity index (χ0) is 14.0. The summed E-state index contributed by atoms with van der Waals surface area (Å²) in [4.78, 5) is 4.48. The van der Waals surface area contributed by atoms with E-state index in [0.29, 0.717) is 6.42 Å². The summed E-state index contributed by atoms with van der Waals surface area (Å²) in [5, 5.41) is 8.83. The molecule has 98 valence electrons. The van der Waals surface area contributed by atoms with Gasteiger partial charge in [0.05, 0.1) is 25.3 Å². The molecule has 0 aliphatic carbocycles. The van der Waals surface area contributed by atoms with Crippen molar-refractivity contribution in [2.75, 3.05) is 7.11 Å². The third kappa shape index (κ3) is 2.49. The molecular formula is C14H14BrN3O. The fraction of sp³-hybridized carbons (Fsp3) is 0.286. The molecule has 1 aromatic carbocycles. The number of halogens is 1. The second kappa shape index (κ2) is 5.45. The predicted molar refractivity (Wildman–Crippen MR) is 77.0 cm³/mol. The summed E-state index contributed by atoms with van der Waals surface area (Å²) in [5.74, 6) is 1.69. The van der Waals surface area contributed by atoms with Crippen molar-refractivity contribution in [2.45, 2.75) is 13.3 Å². The first-order chi connectivity index (χ1) is 9.08. The molecule has 0 spiro atoms. The van der Waals surface area contributed by atoms with Gasteiger partial charge < -0.3 is 9.30 Å². The van der Waals surface area contributed by atoms with Gasteiger partial charge in [0.25, 0.3) is 0 Å². The van der Waals surface area contributed by atoms with Gasteiger partial charge in [0.1, 0.15) is 16.2 Å². The Hall–Kier alpha value is -1.80. The quantitative estimate of drug-likeness (QED) is 0.872. The van der Waals surface area contributed by atoms with Crippen molar-refractivity contribution in [3.8, 4) is 23.2 Å². The lowest BCUT2D eigenvalue weighted by Gasteiger charge is -2.08. The molecule has 19 heavy (non-hydrogen) atoms. The van der Waals surface area contributed by atoms with Crippen molar-refractivity contribution in [1.29, 1.82) is 5.26 Å². The van der Waals surface area contributed by atoms with Crippen LogP contribution < -0.4 is 4.74 Å². The Morgan fingerprint density at radius 3 is 2.79 bits per heavy atom. The number of imidazole rings is 1.